The van der Waals surface area contributed by atoms with Crippen LogP contribution in [-0.4, -0.2) is 17.0 Å². The summed E-state index contributed by atoms with van der Waals surface area (Å²) in [5, 5.41) is 11.3. The van der Waals surface area contributed by atoms with Crippen LogP contribution in [0.4, 0.5) is 0 Å². The number of aryl methyl sites for hydroxylation is 1. The van der Waals surface area contributed by atoms with Crippen molar-refractivity contribution in [2.45, 2.75) is 33.2 Å². The summed E-state index contributed by atoms with van der Waals surface area (Å²) in [5.74, 6) is 0.292. The number of rotatable bonds is 6. The number of furan rings is 1. The fourth-order valence-corrected chi connectivity index (χ4v) is 1.52. The molecule has 1 atom stereocenters. The average molecular weight is 239 g/mol. The maximum absolute atomic E-state index is 11.5. The van der Waals surface area contributed by atoms with Crippen molar-refractivity contribution in [3.8, 4) is 0 Å². The number of carbonyl (C=O) groups excluding carboxylic acids is 1. The molecule has 5 heteroatoms. The molecule has 0 fully saturated rings. The molecule has 1 aromatic rings. The molecule has 0 bridgehead atoms. The number of carbonyl (C=O) groups is 2. The molecule has 2 N–H and O–H groups in total. The minimum Gasteiger partial charge on any atom is -0.481 e. The third kappa shape index (κ3) is 5.19. The number of hydrogen-bond donors (Lipinski definition) is 2. The maximum atomic E-state index is 11.5. The van der Waals surface area contributed by atoms with Crippen molar-refractivity contribution >= 4 is 11.9 Å². The largest absolute Gasteiger partial charge is 0.481 e. The number of amides is 1. The van der Waals surface area contributed by atoms with Crippen LogP contribution in [-0.2, 0) is 16.1 Å². The molecule has 1 rings (SSSR count). The highest BCUT2D eigenvalue weighted by atomic mass is 16.4. The molecule has 0 aliphatic rings. The quantitative estimate of drug-likeness (QED) is 0.792. The van der Waals surface area contributed by atoms with Crippen LogP contribution in [0.25, 0.3) is 0 Å². The van der Waals surface area contributed by atoms with Crippen LogP contribution < -0.4 is 5.32 Å². The van der Waals surface area contributed by atoms with Crippen LogP contribution in [0.2, 0.25) is 0 Å². The molecule has 1 amide bonds. The third-order valence-electron chi connectivity index (χ3n) is 2.31. The second-order valence-electron chi connectivity index (χ2n) is 4.20. The van der Waals surface area contributed by atoms with Gasteiger partial charge in [0, 0.05) is 12.8 Å². The second-order valence-corrected chi connectivity index (χ2v) is 4.20. The van der Waals surface area contributed by atoms with E-state index in [1.165, 1.54) is 0 Å². The van der Waals surface area contributed by atoms with Crippen LogP contribution in [0.3, 0.4) is 0 Å². The van der Waals surface area contributed by atoms with Crippen LogP contribution in [0.1, 0.15) is 31.3 Å². The lowest BCUT2D eigenvalue weighted by atomic mass is 10.0. The second kappa shape index (κ2) is 6.08. The Labute approximate surface area is 99.8 Å². The fraction of sp³-hybridized carbons (Fsp3) is 0.500. The molecule has 0 radical (unpaired) electrons. The van der Waals surface area contributed by atoms with Gasteiger partial charge in [-0.1, -0.05) is 6.92 Å². The first-order chi connectivity index (χ1) is 7.97. The van der Waals surface area contributed by atoms with Crippen molar-refractivity contribution in [1.29, 1.82) is 0 Å². The molecule has 17 heavy (non-hydrogen) atoms. The van der Waals surface area contributed by atoms with Crippen LogP contribution in [0, 0.1) is 12.8 Å². The Hall–Kier alpha value is -1.78. The summed E-state index contributed by atoms with van der Waals surface area (Å²) >= 11 is 0. The Morgan fingerprint density at radius 1 is 1.41 bits per heavy atom. The number of carboxylic acids is 1. The van der Waals surface area contributed by atoms with Gasteiger partial charge < -0.3 is 14.8 Å². The van der Waals surface area contributed by atoms with E-state index in [0.717, 1.165) is 5.76 Å². The van der Waals surface area contributed by atoms with Gasteiger partial charge in [-0.25, -0.2) is 0 Å². The zero-order valence-corrected chi connectivity index (χ0v) is 10.0. The van der Waals surface area contributed by atoms with E-state index in [4.69, 9.17) is 9.52 Å². The lowest BCUT2D eigenvalue weighted by molar-refractivity contribution is -0.138. The Balaban J connectivity index is 2.28. The first kappa shape index (κ1) is 13.3. The lowest BCUT2D eigenvalue weighted by Crippen LogP contribution is -2.24. The van der Waals surface area contributed by atoms with Gasteiger partial charge in [-0.05, 0) is 25.0 Å². The van der Waals surface area contributed by atoms with Crippen molar-refractivity contribution in [3.05, 3.63) is 23.7 Å². The minimum atomic E-state index is -0.882. The van der Waals surface area contributed by atoms with Crippen molar-refractivity contribution in [2.75, 3.05) is 0 Å². The van der Waals surface area contributed by atoms with E-state index in [9.17, 15) is 9.59 Å². The molecule has 94 valence electrons. The fourth-order valence-electron chi connectivity index (χ4n) is 1.52. The first-order valence-electron chi connectivity index (χ1n) is 5.51. The standard InChI is InChI=1S/C12H17NO4/c1-8(6-12(15)16)5-11(14)13-7-10-4-3-9(2)17-10/h3-4,8H,5-7H2,1-2H3,(H,13,14)(H,15,16)/t8-/m1/s1. The van der Waals surface area contributed by atoms with Crippen molar-refractivity contribution in [1.82, 2.24) is 5.32 Å². The van der Waals surface area contributed by atoms with E-state index in [2.05, 4.69) is 5.32 Å². The van der Waals surface area contributed by atoms with Crippen LogP contribution in [0.5, 0.6) is 0 Å². The van der Waals surface area contributed by atoms with Crippen LogP contribution >= 0.6 is 0 Å². The molecule has 0 spiro atoms. The predicted molar refractivity (Wildman–Crippen MR) is 61.3 cm³/mol. The van der Waals surface area contributed by atoms with Gasteiger partial charge in [0.2, 0.25) is 5.91 Å². The summed E-state index contributed by atoms with van der Waals surface area (Å²) in [6, 6.07) is 3.63. The molecular formula is C12H17NO4. The molecule has 0 aromatic carbocycles. The SMILES string of the molecule is Cc1ccc(CNC(=O)C[C@@H](C)CC(=O)O)o1. The van der Waals surface area contributed by atoms with Gasteiger partial charge in [-0.2, -0.15) is 0 Å². The smallest absolute Gasteiger partial charge is 0.303 e. The Bertz CT molecular complexity index is 397. The van der Waals surface area contributed by atoms with Gasteiger partial charge in [-0.15, -0.1) is 0 Å². The van der Waals surface area contributed by atoms with E-state index >= 15 is 0 Å². The Morgan fingerprint density at radius 2 is 2.12 bits per heavy atom. The maximum Gasteiger partial charge on any atom is 0.303 e. The molecule has 1 heterocycles. The molecule has 0 unspecified atom stereocenters. The zero-order valence-electron chi connectivity index (χ0n) is 10.0. The highest BCUT2D eigenvalue weighted by Crippen LogP contribution is 2.08. The molecule has 5 nitrogen and oxygen atoms in total. The molecule has 0 aliphatic carbocycles. The summed E-state index contributed by atoms with van der Waals surface area (Å²) < 4.78 is 5.29. The van der Waals surface area contributed by atoms with Gasteiger partial charge in [0.05, 0.1) is 6.54 Å². The number of carboxylic acid groups (broad SMARTS) is 1. The van der Waals surface area contributed by atoms with E-state index in [-0.39, 0.29) is 24.7 Å². The summed E-state index contributed by atoms with van der Waals surface area (Å²) in [4.78, 5) is 21.9. The number of hydrogen-bond acceptors (Lipinski definition) is 3. The normalized spacial score (nSPS) is 12.1. The lowest BCUT2D eigenvalue weighted by Gasteiger charge is -2.08. The number of aliphatic carboxylic acids is 1. The Kier molecular flexibility index (Phi) is 4.75. The van der Waals surface area contributed by atoms with Gasteiger partial charge in [-0.3, -0.25) is 9.59 Å². The summed E-state index contributed by atoms with van der Waals surface area (Å²) in [6.45, 7) is 3.91. The highest BCUT2D eigenvalue weighted by molar-refractivity contribution is 5.77. The number of nitrogens with one attached hydrogen (secondary N) is 1. The van der Waals surface area contributed by atoms with Crippen molar-refractivity contribution in [2.24, 2.45) is 5.92 Å². The summed E-state index contributed by atoms with van der Waals surface area (Å²) in [6.07, 6.45) is 0.221. The Morgan fingerprint density at radius 3 is 2.65 bits per heavy atom. The molecule has 0 saturated carbocycles. The third-order valence-corrected chi connectivity index (χ3v) is 2.31. The first-order valence-corrected chi connectivity index (χ1v) is 5.51. The van der Waals surface area contributed by atoms with Gasteiger partial charge in [0.25, 0.3) is 0 Å². The molecular weight excluding hydrogens is 222 g/mol. The van der Waals surface area contributed by atoms with Gasteiger partial charge in [0.15, 0.2) is 0 Å². The van der Waals surface area contributed by atoms with Crippen LogP contribution in [0.15, 0.2) is 16.5 Å². The highest BCUT2D eigenvalue weighted by Gasteiger charge is 2.12. The average Bonchev–Trinajstić information content (AvgIpc) is 2.59. The van der Waals surface area contributed by atoms with Crippen molar-refractivity contribution < 1.29 is 19.1 Å². The van der Waals surface area contributed by atoms with Crippen molar-refractivity contribution in [3.63, 3.8) is 0 Å². The minimum absolute atomic E-state index is 0.00722. The van der Waals surface area contributed by atoms with Gasteiger partial charge >= 0.3 is 5.97 Å². The predicted octanol–water partition coefficient (Wildman–Crippen LogP) is 1.71. The monoisotopic (exact) mass is 239 g/mol. The summed E-state index contributed by atoms with van der Waals surface area (Å²) in [5.41, 5.74) is 0. The van der Waals surface area contributed by atoms with E-state index in [0.29, 0.717) is 12.3 Å². The van der Waals surface area contributed by atoms with E-state index < -0.39 is 5.97 Å². The zero-order chi connectivity index (χ0) is 12.8. The topological polar surface area (TPSA) is 79.5 Å². The molecule has 0 aliphatic heterocycles. The van der Waals surface area contributed by atoms with Gasteiger partial charge in [0.1, 0.15) is 11.5 Å². The summed E-state index contributed by atoms with van der Waals surface area (Å²) in [7, 11) is 0. The van der Waals surface area contributed by atoms with E-state index in [1.54, 1.807) is 13.0 Å². The van der Waals surface area contributed by atoms with E-state index in [1.807, 2.05) is 13.0 Å². The molecule has 0 saturated heterocycles. The molecule has 1 aromatic heterocycles.